The third kappa shape index (κ3) is 5.98. The van der Waals surface area contributed by atoms with Crippen molar-refractivity contribution in [3.8, 4) is 17.2 Å². The first-order valence-corrected chi connectivity index (χ1v) is 9.94. The molecule has 0 saturated heterocycles. The standard InChI is InChI=1S/C23H25FN2O6/c1-14-20(15(2)32-26-14)13-31-21-8-7-16(9-22(21)29-3)23(28)25-11-18(27)12-30-19-6-4-5-17(24)10-19/h4-10,18,27H,11-13H2,1-3H3,(H,25,28)/t18-/m1/s1. The topological polar surface area (TPSA) is 103 Å². The van der Waals surface area contributed by atoms with Gasteiger partial charge in [0.25, 0.3) is 5.91 Å². The van der Waals surface area contributed by atoms with Gasteiger partial charge in [0.15, 0.2) is 11.5 Å². The van der Waals surface area contributed by atoms with Gasteiger partial charge in [-0.1, -0.05) is 11.2 Å². The Morgan fingerprint density at radius 3 is 2.69 bits per heavy atom. The fourth-order valence-corrected chi connectivity index (χ4v) is 2.91. The quantitative estimate of drug-likeness (QED) is 0.495. The van der Waals surface area contributed by atoms with Crippen LogP contribution in [0.1, 0.15) is 27.4 Å². The van der Waals surface area contributed by atoms with E-state index in [4.69, 9.17) is 18.7 Å². The van der Waals surface area contributed by atoms with Crippen molar-refractivity contribution in [1.29, 1.82) is 0 Å². The van der Waals surface area contributed by atoms with E-state index in [0.29, 0.717) is 28.6 Å². The van der Waals surface area contributed by atoms with Crippen LogP contribution in [0.25, 0.3) is 0 Å². The molecule has 0 aliphatic carbocycles. The van der Waals surface area contributed by atoms with E-state index >= 15 is 0 Å². The second-order valence-corrected chi connectivity index (χ2v) is 7.09. The molecule has 3 rings (SSSR count). The number of benzene rings is 2. The lowest BCUT2D eigenvalue weighted by Gasteiger charge is -2.15. The SMILES string of the molecule is COc1cc(C(=O)NC[C@@H](O)COc2cccc(F)c2)ccc1OCc1c(C)noc1C. The normalized spacial score (nSPS) is 11.7. The predicted octanol–water partition coefficient (Wildman–Crippen LogP) is 3.19. The van der Waals surface area contributed by atoms with Crippen molar-refractivity contribution in [2.75, 3.05) is 20.3 Å². The molecule has 2 aromatic carbocycles. The Labute approximate surface area is 184 Å². The first-order valence-electron chi connectivity index (χ1n) is 9.94. The predicted molar refractivity (Wildman–Crippen MR) is 114 cm³/mol. The van der Waals surface area contributed by atoms with E-state index in [9.17, 15) is 14.3 Å². The van der Waals surface area contributed by atoms with E-state index in [1.54, 1.807) is 31.2 Å². The zero-order valence-corrected chi connectivity index (χ0v) is 18.1. The van der Waals surface area contributed by atoms with E-state index < -0.39 is 17.8 Å². The van der Waals surface area contributed by atoms with Crippen LogP contribution in [0, 0.1) is 19.7 Å². The molecule has 9 heteroatoms. The van der Waals surface area contributed by atoms with Crippen molar-refractivity contribution in [3.05, 3.63) is 70.9 Å². The number of hydrogen-bond acceptors (Lipinski definition) is 7. The number of rotatable bonds is 10. The van der Waals surface area contributed by atoms with Gasteiger partial charge in [-0.2, -0.15) is 0 Å². The molecular weight excluding hydrogens is 419 g/mol. The van der Waals surface area contributed by atoms with E-state index in [0.717, 1.165) is 11.3 Å². The number of carbonyl (C=O) groups excluding carboxylic acids is 1. The minimum absolute atomic E-state index is 0.0409. The van der Waals surface area contributed by atoms with E-state index in [-0.39, 0.29) is 19.8 Å². The van der Waals surface area contributed by atoms with Crippen LogP contribution in [0.3, 0.4) is 0 Å². The number of ether oxygens (including phenoxy) is 3. The molecule has 0 radical (unpaired) electrons. The number of amides is 1. The van der Waals surface area contributed by atoms with Gasteiger partial charge in [-0.3, -0.25) is 4.79 Å². The fraction of sp³-hybridized carbons (Fsp3) is 0.304. The third-order valence-electron chi connectivity index (χ3n) is 4.72. The maximum Gasteiger partial charge on any atom is 0.251 e. The van der Waals surface area contributed by atoms with E-state index in [1.807, 2.05) is 6.92 Å². The molecule has 0 spiro atoms. The minimum atomic E-state index is -0.971. The largest absolute Gasteiger partial charge is 0.493 e. The Kier molecular flexibility index (Phi) is 7.67. The molecule has 1 amide bonds. The highest BCUT2D eigenvalue weighted by molar-refractivity contribution is 5.94. The van der Waals surface area contributed by atoms with Gasteiger partial charge in [0, 0.05) is 18.2 Å². The number of halogens is 1. The molecule has 3 aromatic rings. The van der Waals surface area contributed by atoms with Crippen molar-refractivity contribution < 1.29 is 33.0 Å². The van der Waals surface area contributed by atoms with Crippen molar-refractivity contribution in [1.82, 2.24) is 10.5 Å². The molecule has 1 atom stereocenters. The van der Waals surface area contributed by atoms with E-state index in [2.05, 4.69) is 10.5 Å². The highest BCUT2D eigenvalue weighted by Crippen LogP contribution is 2.29. The van der Waals surface area contributed by atoms with Gasteiger partial charge in [-0.05, 0) is 44.2 Å². The molecule has 1 heterocycles. The highest BCUT2D eigenvalue weighted by Gasteiger charge is 2.15. The van der Waals surface area contributed by atoms with Gasteiger partial charge in [0.2, 0.25) is 0 Å². The van der Waals surface area contributed by atoms with E-state index in [1.165, 1.54) is 25.3 Å². The lowest BCUT2D eigenvalue weighted by atomic mass is 10.1. The summed E-state index contributed by atoms with van der Waals surface area (Å²) in [5.41, 5.74) is 1.94. The Morgan fingerprint density at radius 2 is 2.00 bits per heavy atom. The Bertz CT molecular complexity index is 1050. The summed E-state index contributed by atoms with van der Waals surface area (Å²) in [7, 11) is 1.48. The summed E-state index contributed by atoms with van der Waals surface area (Å²) in [6.07, 6.45) is -0.971. The summed E-state index contributed by atoms with van der Waals surface area (Å²) in [4.78, 5) is 12.5. The Hall–Kier alpha value is -3.59. The summed E-state index contributed by atoms with van der Waals surface area (Å²) in [5.74, 6) is 1.00. The number of hydrogen-bond donors (Lipinski definition) is 2. The third-order valence-corrected chi connectivity index (χ3v) is 4.72. The first kappa shape index (κ1) is 23.1. The van der Waals surface area contributed by atoms with Crippen molar-refractivity contribution in [2.24, 2.45) is 0 Å². The molecule has 32 heavy (non-hydrogen) atoms. The van der Waals surface area contributed by atoms with Crippen LogP contribution in [-0.2, 0) is 6.61 Å². The number of nitrogens with zero attached hydrogens (tertiary/aromatic N) is 1. The minimum Gasteiger partial charge on any atom is -0.493 e. The van der Waals surface area contributed by atoms with Gasteiger partial charge in [-0.15, -0.1) is 0 Å². The highest BCUT2D eigenvalue weighted by atomic mass is 19.1. The molecular formula is C23H25FN2O6. The Morgan fingerprint density at radius 1 is 1.19 bits per heavy atom. The van der Waals surface area contributed by atoms with Crippen LogP contribution in [-0.4, -0.2) is 42.5 Å². The van der Waals surface area contributed by atoms with Crippen LogP contribution < -0.4 is 19.5 Å². The number of carbonyl (C=O) groups is 1. The maximum absolute atomic E-state index is 13.2. The number of aliphatic hydroxyl groups excluding tert-OH is 1. The summed E-state index contributed by atoms with van der Waals surface area (Å²) < 4.78 is 34.8. The molecule has 1 aromatic heterocycles. The number of nitrogens with one attached hydrogen (secondary N) is 1. The van der Waals surface area contributed by atoms with Crippen LogP contribution in [0.4, 0.5) is 4.39 Å². The second-order valence-electron chi connectivity index (χ2n) is 7.09. The number of methoxy groups -OCH3 is 1. The number of aryl methyl sites for hydroxylation is 2. The van der Waals surface area contributed by atoms with Gasteiger partial charge in [0.05, 0.1) is 18.4 Å². The lowest BCUT2D eigenvalue weighted by molar-refractivity contribution is 0.0843. The molecule has 0 aliphatic heterocycles. The van der Waals surface area contributed by atoms with Gasteiger partial charge in [-0.25, -0.2) is 4.39 Å². The van der Waals surface area contributed by atoms with Crippen molar-refractivity contribution in [2.45, 2.75) is 26.6 Å². The van der Waals surface area contributed by atoms with Gasteiger partial charge < -0.3 is 29.2 Å². The fourth-order valence-electron chi connectivity index (χ4n) is 2.91. The van der Waals surface area contributed by atoms with Crippen molar-refractivity contribution >= 4 is 5.91 Å². The van der Waals surface area contributed by atoms with Crippen LogP contribution in [0.5, 0.6) is 17.2 Å². The van der Waals surface area contributed by atoms with Gasteiger partial charge >= 0.3 is 0 Å². The Balaban J connectivity index is 1.53. The number of aromatic nitrogens is 1. The number of aliphatic hydroxyl groups is 1. The summed E-state index contributed by atoms with van der Waals surface area (Å²) in [6, 6.07) is 10.4. The summed E-state index contributed by atoms with van der Waals surface area (Å²) in [5, 5.41) is 16.6. The zero-order chi connectivity index (χ0) is 23.1. The average Bonchev–Trinajstić information content (AvgIpc) is 3.11. The van der Waals surface area contributed by atoms with Crippen LogP contribution in [0.2, 0.25) is 0 Å². The van der Waals surface area contributed by atoms with Crippen LogP contribution >= 0.6 is 0 Å². The molecule has 0 fully saturated rings. The summed E-state index contributed by atoms with van der Waals surface area (Å²) in [6.45, 7) is 3.75. The monoisotopic (exact) mass is 444 g/mol. The molecule has 0 saturated carbocycles. The van der Waals surface area contributed by atoms with Gasteiger partial charge in [0.1, 0.15) is 36.6 Å². The maximum atomic E-state index is 13.2. The molecule has 2 N–H and O–H groups in total. The smallest absolute Gasteiger partial charge is 0.251 e. The first-order chi connectivity index (χ1) is 15.4. The molecule has 0 aliphatic rings. The summed E-state index contributed by atoms with van der Waals surface area (Å²) >= 11 is 0. The van der Waals surface area contributed by atoms with Crippen LogP contribution in [0.15, 0.2) is 47.0 Å². The molecule has 8 nitrogen and oxygen atoms in total. The molecule has 0 bridgehead atoms. The lowest BCUT2D eigenvalue weighted by Crippen LogP contribution is -2.35. The zero-order valence-electron chi connectivity index (χ0n) is 18.1. The second kappa shape index (κ2) is 10.6. The molecule has 0 unspecified atom stereocenters. The molecule has 170 valence electrons. The van der Waals surface area contributed by atoms with Crippen molar-refractivity contribution in [3.63, 3.8) is 0 Å². The average molecular weight is 444 g/mol.